The van der Waals surface area contributed by atoms with Gasteiger partial charge in [0.1, 0.15) is 5.82 Å². The average Bonchev–Trinajstić information content (AvgIpc) is 2.89. The summed E-state index contributed by atoms with van der Waals surface area (Å²) in [6.45, 7) is 7.39. The predicted octanol–water partition coefficient (Wildman–Crippen LogP) is 2.78. The monoisotopic (exact) mass is 480 g/mol. The van der Waals surface area contributed by atoms with E-state index >= 15 is 0 Å². The summed E-state index contributed by atoms with van der Waals surface area (Å²) in [5, 5.41) is 15.5. The van der Waals surface area contributed by atoms with Gasteiger partial charge in [0.05, 0.1) is 25.0 Å². The Hall–Kier alpha value is -2.75. The molecule has 3 heterocycles. The van der Waals surface area contributed by atoms with Crippen molar-refractivity contribution < 1.29 is 14.6 Å². The molecular weight excluding hydrogens is 444 g/mol. The predicted molar refractivity (Wildman–Crippen MR) is 136 cm³/mol. The number of morpholine rings is 1. The molecule has 0 atom stereocenters. The molecular formula is C26H36N6O3. The van der Waals surface area contributed by atoms with Gasteiger partial charge in [0.2, 0.25) is 0 Å². The fourth-order valence-electron chi connectivity index (χ4n) is 5.37. The molecule has 0 unspecified atom stereocenters. The Morgan fingerprint density at radius 1 is 1.09 bits per heavy atom. The molecule has 2 aliphatic heterocycles. The maximum absolute atomic E-state index is 11.8. The van der Waals surface area contributed by atoms with Gasteiger partial charge < -0.3 is 25.4 Å². The number of aliphatic hydroxyl groups is 1. The van der Waals surface area contributed by atoms with Gasteiger partial charge in [-0.15, -0.1) is 0 Å². The molecule has 188 valence electrons. The van der Waals surface area contributed by atoms with Crippen LogP contribution in [-0.2, 0) is 17.7 Å². The Morgan fingerprint density at radius 2 is 1.83 bits per heavy atom. The van der Waals surface area contributed by atoms with E-state index in [9.17, 15) is 9.90 Å². The third-order valence-electron chi connectivity index (χ3n) is 7.30. The Bertz CT molecular complexity index is 1020. The number of aromatic nitrogens is 2. The van der Waals surface area contributed by atoms with Gasteiger partial charge in [-0.2, -0.15) is 0 Å². The van der Waals surface area contributed by atoms with Gasteiger partial charge >= 0.3 is 6.03 Å². The second-order valence-corrected chi connectivity index (χ2v) is 9.64. The number of anilines is 2. The van der Waals surface area contributed by atoms with Crippen molar-refractivity contribution in [2.75, 3.05) is 49.6 Å². The SMILES string of the molecule is CCNC(=O)Nc1ccc(-c2nc3c(c(N4CCOCC4)n2)CCN(C2CCC(O)CC2)C3)cc1. The van der Waals surface area contributed by atoms with Crippen molar-refractivity contribution in [3.63, 3.8) is 0 Å². The van der Waals surface area contributed by atoms with E-state index in [0.717, 1.165) is 86.9 Å². The summed E-state index contributed by atoms with van der Waals surface area (Å²) in [4.78, 5) is 26.8. The largest absolute Gasteiger partial charge is 0.393 e. The molecule has 1 aliphatic carbocycles. The van der Waals surface area contributed by atoms with Gasteiger partial charge in [0.25, 0.3) is 0 Å². The van der Waals surface area contributed by atoms with Crippen LogP contribution in [0.25, 0.3) is 11.4 Å². The van der Waals surface area contributed by atoms with Gasteiger partial charge in [0, 0.05) is 55.6 Å². The molecule has 0 bridgehead atoms. The van der Waals surface area contributed by atoms with Crippen LogP contribution < -0.4 is 15.5 Å². The number of ether oxygens (including phenoxy) is 1. The number of nitrogens with one attached hydrogen (secondary N) is 2. The Labute approximate surface area is 206 Å². The fourth-order valence-corrected chi connectivity index (χ4v) is 5.37. The van der Waals surface area contributed by atoms with E-state index in [0.29, 0.717) is 25.8 Å². The van der Waals surface area contributed by atoms with Crippen LogP contribution in [0.2, 0.25) is 0 Å². The number of aliphatic hydroxyl groups excluding tert-OH is 1. The van der Waals surface area contributed by atoms with Crippen molar-refractivity contribution in [1.82, 2.24) is 20.2 Å². The first-order valence-corrected chi connectivity index (χ1v) is 12.9. The number of hydrogen-bond acceptors (Lipinski definition) is 7. The van der Waals surface area contributed by atoms with E-state index in [4.69, 9.17) is 14.7 Å². The van der Waals surface area contributed by atoms with Crippen LogP contribution in [0.15, 0.2) is 24.3 Å². The standard InChI is InChI=1S/C26H36N6O3/c1-2-27-26(34)28-19-5-3-18(4-6-19)24-29-23-17-32(20-7-9-21(33)10-8-20)12-11-22(23)25(30-24)31-13-15-35-16-14-31/h3-6,20-21,33H,2,7-17H2,1H3,(H2,27,28,34). The van der Waals surface area contributed by atoms with Crippen LogP contribution >= 0.6 is 0 Å². The Kier molecular flexibility index (Phi) is 7.46. The summed E-state index contributed by atoms with van der Waals surface area (Å²) in [6.07, 6.45) is 4.67. The zero-order valence-corrected chi connectivity index (χ0v) is 20.5. The lowest BCUT2D eigenvalue weighted by Gasteiger charge is -2.39. The topological polar surface area (TPSA) is 103 Å². The summed E-state index contributed by atoms with van der Waals surface area (Å²) >= 11 is 0. The number of rotatable bonds is 5. The normalized spacial score (nSPS) is 23.0. The number of urea groups is 1. The van der Waals surface area contributed by atoms with Crippen LogP contribution in [0.3, 0.4) is 0 Å². The van der Waals surface area contributed by atoms with Crippen molar-refractivity contribution in [1.29, 1.82) is 0 Å². The summed E-state index contributed by atoms with van der Waals surface area (Å²) in [5.41, 5.74) is 4.04. The van der Waals surface area contributed by atoms with Gasteiger partial charge in [-0.05, 0) is 63.3 Å². The van der Waals surface area contributed by atoms with E-state index in [1.54, 1.807) is 0 Å². The lowest BCUT2D eigenvalue weighted by molar-refractivity contribution is 0.0670. The van der Waals surface area contributed by atoms with Gasteiger partial charge in [-0.1, -0.05) is 0 Å². The highest BCUT2D eigenvalue weighted by Crippen LogP contribution is 2.33. The summed E-state index contributed by atoms with van der Waals surface area (Å²) in [7, 11) is 0. The molecule has 1 aromatic heterocycles. The zero-order valence-electron chi connectivity index (χ0n) is 20.5. The highest BCUT2D eigenvalue weighted by Gasteiger charge is 2.31. The molecule has 5 rings (SSSR count). The Morgan fingerprint density at radius 3 is 2.54 bits per heavy atom. The lowest BCUT2D eigenvalue weighted by atomic mass is 9.90. The number of nitrogens with zero attached hydrogens (tertiary/aromatic N) is 4. The molecule has 2 aromatic rings. The summed E-state index contributed by atoms with van der Waals surface area (Å²) < 4.78 is 5.59. The molecule has 9 nitrogen and oxygen atoms in total. The van der Waals surface area contributed by atoms with Crippen molar-refractivity contribution in [2.45, 2.75) is 57.7 Å². The first-order valence-electron chi connectivity index (χ1n) is 12.9. The number of carbonyl (C=O) groups excluding carboxylic acids is 1. The van der Waals surface area contributed by atoms with E-state index in [1.807, 2.05) is 31.2 Å². The number of hydrogen-bond donors (Lipinski definition) is 3. The molecule has 9 heteroatoms. The summed E-state index contributed by atoms with van der Waals surface area (Å²) in [6, 6.07) is 8.01. The van der Waals surface area contributed by atoms with Crippen molar-refractivity contribution >= 4 is 17.5 Å². The number of fused-ring (bicyclic) bond motifs is 1. The second kappa shape index (κ2) is 10.9. The lowest BCUT2D eigenvalue weighted by Crippen LogP contribution is -2.43. The first kappa shape index (κ1) is 24.0. The third-order valence-corrected chi connectivity index (χ3v) is 7.30. The minimum atomic E-state index is -0.213. The number of benzene rings is 1. The van der Waals surface area contributed by atoms with Gasteiger partial charge in [0.15, 0.2) is 5.82 Å². The molecule has 2 amide bonds. The number of carbonyl (C=O) groups is 1. The molecule has 1 saturated heterocycles. The van der Waals surface area contributed by atoms with Crippen molar-refractivity contribution in [3.8, 4) is 11.4 Å². The highest BCUT2D eigenvalue weighted by molar-refractivity contribution is 5.89. The van der Waals surface area contributed by atoms with Crippen LogP contribution in [0, 0.1) is 0 Å². The van der Waals surface area contributed by atoms with Crippen molar-refractivity contribution in [2.24, 2.45) is 0 Å². The zero-order chi connectivity index (χ0) is 24.2. The number of amides is 2. The maximum atomic E-state index is 11.8. The van der Waals surface area contributed by atoms with E-state index < -0.39 is 0 Å². The molecule has 3 aliphatic rings. The first-order chi connectivity index (χ1) is 17.1. The minimum Gasteiger partial charge on any atom is -0.393 e. The molecule has 1 saturated carbocycles. The van der Waals surface area contributed by atoms with Crippen LogP contribution in [-0.4, -0.2) is 77.5 Å². The smallest absolute Gasteiger partial charge is 0.319 e. The molecule has 0 radical (unpaired) electrons. The molecule has 0 spiro atoms. The minimum absolute atomic E-state index is 0.143. The molecule has 2 fully saturated rings. The average molecular weight is 481 g/mol. The van der Waals surface area contributed by atoms with E-state index in [2.05, 4.69) is 20.4 Å². The third kappa shape index (κ3) is 5.58. The van der Waals surface area contributed by atoms with Crippen molar-refractivity contribution in [3.05, 3.63) is 35.5 Å². The van der Waals surface area contributed by atoms with Gasteiger partial charge in [-0.25, -0.2) is 14.8 Å². The maximum Gasteiger partial charge on any atom is 0.319 e. The van der Waals surface area contributed by atoms with Crippen LogP contribution in [0.4, 0.5) is 16.3 Å². The Balaban J connectivity index is 1.42. The second-order valence-electron chi connectivity index (χ2n) is 9.64. The molecule has 35 heavy (non-hydrogen) atoms. The van der Waals surface area contributed by atoms with E-state index in [1.165, 1.54) is 5.56 Å². The molecule has 3 N–H and O–H groups in total. The van der Waals surface area contributed by atoms with Crippen LogP contribution in [0.1, 0.15) is 43.9 Å². The molecule has 1 aromatic carbocycles. The quantitative estimate of drug-likeness (QED) is 0.605. The van der Waals surface area contributed by atoms with E-state index in [-0.39, 0.29) is 12.1 Å². The van der Waals surface area contributed by atoms with Crippen LogP contribution in [0.5, 0.6) is 0 Å². The fraction of sp³-hybridized carbons (Fsp3) is 0.577. The summed E-state index contributed by atoms with van der Waals surface area (Å²) in [5.74, 6) is 1.76. The highest BCUT2D eigenvalue weighted by atomic mass is 16.5. The van der Waals surface area contributed by atoms with Gasteiger partial charge in [-0.3, -0.25) is 4.90 Å².